The molecule has 0 aliphatic carbocycles. The molecule has 0 saturated heterocycles. The fourth-order valence-electron chi connectivity index (χ4n) is 1.66. The van der Waals surface area contributed by atoms with Gasteiger partial charge >= 0.3 is 5.97 Å². The van der Waals surface area contributed by atoms with Crippen LogP contribution in [0.1, 0.15) is 30.6 Å². The molecule has 0 heterocycles. The molecule has 0 atom stereocenters. The first-order valence-electron chi connectivity index (χ1n) is 5.81. The second-order valence-corrected chi connectivity index (χ2v) is 5.15. The maximum atomic E-state index is 12.4. The third kappa shape index (κ3) is 4.11. The number of rotatable bonds is 5. The number of halogens is 2. The van der Waals surface area contributed by atoms with Crippen LogP contribution in [0.25, 0.3) is 0 Å². The second-order valence-electron chi connectivity index (χ2n) is 4.33. The molecular formula is C13H15Cl2NO3. The average Bonchev–Trinajstić information content (AvgIpc) is 2.27. The van der Waals surface area contributed by atoms with Crippen LogP contribution in [0.3, 0.4) is 0 Å². The zero-order valence-electron chi connectivity index (χ0n) is 10.7. The number of carbonyl (C=O) groups is 2. The molecule has 1 rings (SSSR count). The summed E-state index contributed by atoms with van der Waals surface area (Å²) >= 11 is 12.0. The first-order valence-corrected chi connectivity index (χ1v) is 6.57. The van der Waals surface area contributed by atoms with E-state index in [1.54, 1.807) is 18.2 Å². The van der Waals surface area contributed by atoms with Crippen molar-refractivity contribution in [3.8, 4) is 0 Å². The van der Waals surface area contributed by atoms with Crippen molar-refractivity contribution in [1.82, 2.24) is 4.90 Å². The summed E-state index contributed by atoms with van der Waals surface area (Å²) in [5, 5.41) is 9.24. The van der Waals surface area contributed by atoms with Gasteiger partial charge in [-0.05, 0) is 26.0 Å². The maximum absolute atomic E-state index is 12.4. The van der Waals surface area contributed by atoms with E-state index in [1.807, 2.05) is 13.8 Å². The van der Waals surface area contributed by atoms with Crippen LogP contribution in [-0.4, -0.2) is 34.5 Å². The quantitative estimate of drug-likeness (QED) is 0.908. The summed E-state index contributed by atoms with van der Waals surface area (Å²) in [6.07, 6.45) is -0.119. The van der Waals surface area contributed by atoms with Gasteiger partial charge in [-0.3, -0.25) is 9.59 Å². The van der Waals surface area contributed by atoms with E-state index in [2.05, 4.69) is 0 Å². The van der Waals surface area contributed by atoms with Gasteiger partial charge in [0.05, 0.1) is 22.0 Å². The number of benzene rings is 1. The third-order valence-corrected chi connectivity index (χ3v) is 3.26. The molecule has 0 bridgehead atoms. The molecule has 0 radical (unpaired) electrons. The van der Waals surface area contributed by atoms with E-state index < -0.39 is 5.97 Å². The van der Waals surface area contributed by atoms with Gasteiger partial charge in [0, 0.05) is 12.6 Å². The fraction of sp³-hybridized carbons (Fsp3) is 0.385. The zero-order chi connectivity index (χ0) is 14.6. The standard InChI is InChI=1S/C13H15Cl2NO3/c1-8(2)16(7-6-11(17)18)13(19)12-9(14)4-3-5-10(12)15/h3-5,8H,6-7H2,1-2H3,(H,17,18). The normalized spacial score (nSPS) is 10.6. The molecule has 6 heteroatoms. The summed E-state index contributed by atoms with van der Waals surface area (Å²) in [4.78, 5) is 24.5. The lowest BCUT2D eigenvalue weighted by Gasteiger charge is -2.27. The molecule has 0 spiro atoms. The molecule has 19 heavy (non-hydrogen) atoms. The molecule has 4 nitrogen and oxygen atoms in total. The lowest BCUT2D eigenvalue weighted by molar-refractivity contribution is -0.137. The van der Waals surface area contributed by atoms with Gasteiger partial charge in [0.15, 0.2) is 0 Å². The highest BCUT2D eigenvalue weighted by atomic mass is 35.5. The van der Waals surface area contributed by atoms with Crippen molar-refractivity contribution in [3.63, 3.8) is 0 Å². The third-order valence-electron chi connectivity index (χ3n) is 2.63. The van der Waals surface area contributed by atoms with Gasteiger partial charge in [0.25, 0.3) is 5.91 Å². The van der Waals surface area contributed by atoms with Crippen molar-refractivity contribution in [2.75, 3.05) is 6.54 Å². The average molecular weight is 304 g/mol. The van der Waals surface area contributed by atoms with Crippen molar-refractivity contribution in [2.45, 2.75) is 26.3 Å². The van der Waals surface area contributed by atoms with E-state index in [-0.39, 0.29) is 40.5 Å². The first kappa shape index (κ1) is 15.8. The Kier molecular flexibility index (Phi) is 5.63. The van der Waals surface area contributed by atoms with Gasteiger partial charge in [-0.1, -0.05) is 29.3 Å². The number of aliphatic carboxylic acids is 1. The minimum absolute atomic E-state index is 0.118. The minimum atomic E-state index is -0.955. The summed E-state index contributed by atoms with van der Waals surface area (Å²) in [5.74, 6) is -1.31. The van der Waals surface area contributed by atoms with Crippen molar-refractivity contribution >= 4 is 35.1 Å². The first-order chi connectivity index (χ1) is 8.84. The molecule has 0 unspecified atom stereocenters. The number of nitrogens with zero attached hydrogens (tertiary/aromatic N) is 1. The van der Waals surface area contributed by atoms with E-state index in [0.717, 1.165) is 0 Å². The summed E-state index contributed by atoms with van der Waals surface area (Å²) in [7, 11) is 0. The molecule has 1 aromatic rings. The highest BCUT2D eigenvalue weighted by Crippen LogP contribution is 2.26. The second kappa shape index (κ2) is 6.78. The Hall–Kier alpha value is -1.26. The zero-order valence-corrected chi connectivity index (χ0v) is 12.2. The Morgan fingerprint density at radius 1 is 1.26 bits per heavy atom. The van der Waals surface area contributed by atoms with Gasteiger partial charge in [-0.25, -0.2) is 0 Å². The van der Waals surface area contributed by atoms with Gasteiger partial charge < -0.3 is 10.0 Å². The molecule has 0 aromatic heterocycles. The van der Waals surface area contributed by atoms with Crippen LogP contribution in [0.4, 0.5) is 0 Å². The van der Waals surface area contributed by atoms with E-state index in [9.17, 15) is 9.59 Å². The van der Waals surface area contributed by atoms with Crippen molar-refractivity contribution in [1.29, 1.82) is 0 Å². The molecular weight excluding hydrogens is 289 g/mol. The molecule has 0 aliphatic heterocycles. The Balaban J connectivity index is 3.03. The van der Waals surface area contributed by atoms with Gasteiger partial charge in [0.2, 0.25) is 0 Å². The summed E-state index contributed by atoms with van der Waals surface area (Å²) in [6, 6.07) is 4.67. The van der Waals surface area contributed by atoms with Gasteiger partial charge in [-0.2, -0.15) is 0 Å². The molecule has 0 saturated carbocycles. The van der Waals surface area contributed by atoms with Crippen LogP contribution in [0.5, 0.6) is 0 Å². The molecule has 1 N–H and O–H groups in total. The monoisotopic (exact) mass is 303 g/mol. The predicted molar refractivity (Wildman–Crippen MR) is 74.9 cm³/mol. The molecule has 1 aromatic carbocycles. The SMILES string of the molecule is CC(C)N(CCC(=O)O)C(=O)c1c(Cl)cccc1Cl. The number of amides is 1. The van der Waals surface area contributed by atoms with Crippen molar-refractivity contribution < 1.29 is 14.7 Å². The van der Waals surface area contributed by atoms with E-state index >= 15 is 0 Å². The number of hydrogen-bond acceptors (Lipinski definition) is 2. The fourth-order valence-corrected chi connectivity index (χ4v) is 2.22. The minimum Gasteiger partial charge on any atom is -0.481 e. The molecule has 0 aliphatic rings. The van der Waals surface area contributed by atoms with Gasteiger partial charge in [-0.15, -0.1) is 0 Å². The van der Waals surface area contributed by atoms with Crippen LogP contribution in [-0.2, 0) is 4.79 Å². The molecule has 104 valence electrons. The number of hydrogen-bond donors (Lipinski definition) is 1. The van der Waals surface area contributed by atoms with Crippen molar-refractivity contribution in [2.24, 2.45) is 0 Å². The van der Waals surface area contributed by atoms with E-state index in [0.29, 0.717) is 0 Å². The summed E-state index contributed by atoms with van der Waals surface area (Å²) in [6.45, 7) is 3.74. The largest absolute Gasteiger partial charge is 0.481 e. The summed E-state index contributed by atoms with van der Waals surface area (Å²) in [5.41, 5.74) is 0.213. The number of carboxylic acids is 1. The topological polar surface area (TPSA) is 57.6 Å². The van der Waals surface area contributed by atoms with Crippen molar-refractivity contribution in [3.05, 3.63) is 33.8 Å². The van der Waals surface area contributed by atoms with E-state index in [1.165, 1.54) is 4.90 Å². The highest BCUT2D eigenvalue weighted by molar-refractivity contribution is 6.39. The lowest BCUT2D eigenvalue weighted by Crippen LogP contribution is -2.38. The molecule has 0 fully saturated rings. The molecule has 1 amide bonds. The Morgan fingerprint density at radius 3 is 2.21 bits per heavy atom. The Labute approximate surface area is 121 Å². The van der Waals surface area contributed by atoms with Gasteiger partial charge in [0.1, 0.15) is 0 Å². The van der Waals surface area contributed by atoms with Crippen LogP contribution in [0.2, 0.25) is 10.0 Å². The smallest absolute Gasteiger partial charge is 0.305 e. The van der Waals surface area contributed by atoms with Crippen LogP contribution in [0, 0.1) is 0 Å². The highest BCUT2D eigenvalue weighted by Gasteiger charge is 2.23. The maximum Gasteiger partial charge on any atom is 0.305 e. The van der Waals surface area contributed by atoms with E-state index in [4.69, 9.17) is 28.3 Å². The van der Waals surface area contributed by atoms with Crippen LogP contribution >= 0.6 is 23.2 Å². The summed E-state index contributed by atoms with van der Waals surface area (Å²) < 4.78 is 0. The predicted octanol–water partition coefficient (Wildman–Crippen LogP) is 3.32. The van der Waals surface area contributed by atoms with Crippen LogP contribution < -0.4 is 0 Å². The Bertz CT molecular complexity index is 469. The number of carboxylic acid groups (broad SMARTS) is 1. The van der Waals surface area contributed by atoms with Crippen LogP contribution in [0.15, 0.2) is 18.2 Å². The number of carbonyl (C=O) groups excluding carboxylic acids is 1. The lowest BCUT2D eigenvalue weighted by atomic mass is 10.1. The Morgan fingerprint density at radius 2 is 1.79 bits per heavy atom.